The second-order valence-corrected chi connectivity index (χ2v) is 5.70. The van der Waals surface area contributed by atoms with Gasteiger partial charge in [0.15, 0.2) is 0 Å². The highest BCUT2D eigenvalue weighted by Gasteiger charge is 2.36. The number of nitrogens with one attached hydrogen (secondary N) is 1. The molecule has 20 heavy (non-hydrogen) atoms. The molecule has 0 saturated heterocycles. The topological polar surface area (TPSA) is 66.4 Å². The number of aliphatic carboxylic acids is 1. The van der Waals surface area contributed by atoms with E-state index in [9.17, 15) is 14.7 Å². The van der Waals surface area contributed by atoms with Gasteiger partial charge in [0.2, 0.25) is 5.91 Å². The molecule has 0 heterocycles. The zero-order valence-corrected chi connectivity index (χ0v) is 11.8. The van der Waals surface area contributed by atoms with Crippen molar-refractivity contribution >= 4 is 11.9 Å². The van der Waals surface area contributed by atoms with Crippen LogP contribution in [0.15, 0.2) is 30.3 Å². The number of carboxylic acid groups (broad SMARTS) is 1. The van der Waals surface area contributed by atoms with E-state index in [-0.39, 0.29) is 18.4 Å². The van der Waals surface area contributed by atoms with Crippen molar-refractivity contribution in [1.29, 1.82) is 0 Å². The summed E-state index contributed by atoms with van der Waals surface area (Å²) in [6, 6.07) is 9.05. The van der Waals surface area contributed by atoms with E-state index in [1.165, 1.54) is 0 Å². The number of carbonyl (C=O) groups excluding carboxylic acids is 1. The molecule has 0 aromatic heterocycles. The third-order valence-corrected chi connectivity index (χ3v) is 4.23. The normalized spacial score (nSPS) is 18.4. The molecule has 2 rings (SSSR count). The van der Waals surface area contributed by atoms with Gasteiger partial charge in [0.05, 0.1) is 0 Å². The standard InChI is InChI=1S/C16H21NO3/c1-16(15(19)20,13-9-3-2-4-10-13)11-17-14(18)12-7-5-6-8-12/h2-4,9-10,12H,5-8,11H2,1H3,(H,17,18)(H,19,20). The van der Waals surface area contributed by atoms with Crippen LogP contribution < -0.4 is 5.32 Å². The highest BCUT2D eigenvalue weighted by Crippen LogP contribution is 2.26. The number of carboxylic acids is 1. The van der Waals surface area contributed by atoms with Crippen molar-refractivity contribution < 1.29 is 14.7 Å². The molecule has 1 aliphatic carbocycles. The smallest absolute Gasteiger partial charge is 0.315 e. The Kier molecular flexibility index (Phi) is 4.42. The SMILES string of the molecule is CC(CNC(=O)C1CCCC1)(C(=O)O)c1ccccc1. The van der Waals surface area contributed by atoms with Crippen LogP contribution in [0.1, 0.15) is 38.2 Å². The van der Waals surface area contributed by atoms with Crippen LogP contribution in [0.3, 0.4) is 0 Å². The Bertz CT molecular complexity index is 480. The predicted molar refractivity (Wildman–Crippen MR) is 76.4 cm³/mol. The average Bonchev–Trinajstić information content (AvgIpc) is 2.99. The molecule has 0 aliphatic heterocycles. The van der Waals surface area contributed by atoms with Gasteiger partial charge in [-0.3, -0.25) is 9.59 Å². The van der Waals surface area contributed by atoms with Gasteiger partial charge in [-0.25, -0.2) is 0 Å². The van der Waals surface area contributed by atoms with Gasteiger partial charge in [-0.15, -0.1) is 0 Å². The first-order valence-electron chi connectivity index (χ1n) is 7.10. The fourth-order valence-corrected chi connectivity index (χ4v) is 2.70. The van der Waals surface area contributed by atoms with Crippen LogP contribution in [0.5, 0.6) is 0 Å². The van der Waals surface area contributed by atoms with E-state index in [2.05, 4.69) is 5.32 Å². The van der Waals surface area contributed by atoms with Crippen molar-refractivity contribution in [2.24, 2.45) is 5.92 Å². The quantitative estimate of drug-likeness (QED) is 0.866. The van der Waals surface area contributed by atoms with Gasteiger partial charge >= 0.3 is 5.97 Å². The van der Waals surface area contributed by atoms with Crippen LogP contribution in [-0.4, -0.2) is 23.5 Å². The molecule has 1 saturated carbocycles. The van der Waals surface area contributed by atoms with Crippen molar-refractivity contribution in [3.63, 3.8) is 0 Å². The fraction of sp³-hybridized carbons (Fsp3) is 0.500. The Morgan fingerprint density at radius 2 is 1.85 bits per heavy atom. The van der Waals surface area contributed by atoms with Crippen molar-refractivity contribution in [3.05, 3.63) is 35.9 Å². The zero-order valence-electron chi connectivity index (χ0n) is 11.8. The molecule has 4 heteroatoms. The Hall–Kier alpha value is -1.84. The first-order chi connectivity index (χ1) is 9.54. The lowest BCUT2D eigenvalue weighted by molar-refractivity contribution is -0.143. The summed E-state index contributed by atoms with van der Waals surface area (Å²) in [4.78, 5) is 23.6. The van der Waals surface area contributed by atoms with Gasteiger partial charge in [0, 0.05) is 12.5 Å². The summed E-state index contributed by atoms with van der Waals surface area (Å²) in [6.45, 7) is 1.78. The molecular weight excluding hydrogens is 254 g/mol. The number of amides is 1. The third-order valence-electron chi connectivity index (χ3n) is 4.23. The van der Waals surface area contributed by atoms with Gasteiger partial charge in [-0.1, -0.05) is 43.2 Å². The van der Waals surface area contributed by atoms with E-state index in [1.54, 1.807) is 19.1 Å². The maximum atomic E-state index is 12.0. The molecule has 0 spiro atoms. The minimum absolute atomic E-state index is 0.00842. The second kappa shape index (κ2) is 6.07. The molecule has 0 bridgehead atoms. The van der Waals surface area contributed by atoms with Crippen molar-refractivity contribution in [1.82, 2.24) is 5.32 Å². The minimum Gasteiger partial charge on any atom is -0.481 e. The molecule has 108 valence electrons. The first-order valence-corrected chi connectivity index (χ1v) is 7.10. The monoisotopic (exact) mass is 275 g/mol. The fourth-order valence-electron chi connectivity index (χ4n) is 2.70. The minimum atomic E-state index is -1.09. The Labute approximate surface area is 119 Å². The van der Waals surface area contributed by atoms with Gasteiger partial charge in [-0.05, 0) is 25.3 Å². The van der Waals surface area contributed by atoms with E-state index in [1.807, 2.05) is 18.2 Å². The van der Waals surface area contributed by atoms with Gasteiger partial charge in [-0.2, -0.15) is 0 Å². The van der Waals surface area contributed by atoms with E-state index in [0.717, 1.165) is 25.7 Å². The summed E-state index contributed by atoms with van der Waals surface area (Å²) in [5.74, 6) is -0.870. The lowest BCUT2D eigenvalue weighted by Gasteiger charge is -2.26. The summed E-state index contributed by atoms with van der Waals surface area (Å²) in [7, 11) is 0. The lowest BCUT2D eigenvalue weighted by Crippen LogP contribution is -2.45. The Balaban J connectivity index is 2.06. The number of carbonyl (C=O) groups is 2. The van der Waals surface area contributed by atoms with Gasteiger partial charge in [0.1, 0.15) is 5.41 Å². The lowest BCUT2D eigenvalue weighted by atomic mass is 9.82. The summed E-state index contributed by atoms with van der Waals surface area (Å²) in [6.07, 6.45) is 4.02. The molecule has 1 unspecified atom stereocenters. The van der Waals surface area contributed by atoms with Crippen LogP contribution in [0, 0.1) is 5.92 Å². The molecule has 1 aromatic carbocycles. The molecule has 1 atom stereocenters. The van der Waals surface area contributed by atoms with Crippen LogP contribution in [0.25, 0.3) is 0 Å². The van der Waals surface area contributed by atoms with Gasteiger partial charge in [0.25, 0.3) is 0 Å². The van der Waals surface area contributed by atoms with Crippen molar-refractivity contribution in [2.75, 3.05) is 6.54 Å². The molecule has 1 fully saturated rings. The largest absolute Gasteiger partial charge is 0.481 e. The van der Waals surface area contributed by atoms with Crippen LogP contribution in [-0.2, 0) is 15.0 Å². The second-order valence-electron chi connectivity index (χ2n) is 5.70. The molecule has 1 aromatic rings. The Morgan fingerprint density at radius 3 is 2.40 bits per heavy atom. The summed E-state index contributed by atoms with van der Waals surface area (Å²) in [5.41, 5.74) is -0.380. The molecule has 2 N–H and O–H groups in total. The number of rotatable bonds is 5. The summed E-state index contributed by atoms with van der Waals surface area (Å²) >= 11 is 0. The van der Waals surface area contributed by atoms with Crippen molar-refractivity contribution in [3.8, 4) is 0 Å². The summed E-state index contributed by atoms with van der Waals surface area (Å²) in [5, 5.41) is 12.3. The van der Waals surface area contributed by atoms with E-state index in [0.29, 0.717) is 5.56 Å². The summed E-state index contributed by atoms with van der Waals surface area (Å²) < 4.78 is 0. The molecule has 1 aliphatic rings. The van der Waals surface area contributed by atoms with E-state index in [4.69, 9.17) is 0 Å². The first kappa shape index (κ1) is 14.6. The van der Waals surface area contributed by atoms with E-state index < -0.39 is 11.4 Å². The number of hydrogen-bond donors (Lipinski definition) is 2. The number of benzene rings is 1. The predicted octanol–water partition coefficient (Wildman–Crippen LogP) is 2.34. The molecule has 0 radical (unpaired) electrons. The van der Waals surface area contributed by atoms with Crippen LogP contribution in [0.2, 0.25) is 0 Å². The highest BCUT2D eigenvalue weighted by molar-refractivity contribution is 5.84. The molecule has 4 nitrogen and oxygen atoms in total. The van der Waals surface area contributed by atoms with Crippen molar-refractivity contribution in [2.45, 2.75) is 38.0 Å². The Morgan fingerprint density at radius 1 is 1.25 bits per heavy atom. The molecular formula is C16H21NO3. The zero-order chi connectivity index (χ0) is 14.6. The van der Waals surface area contributed by atoms with Gasteiger partial charge < -0.3 is 10.4 Å². The van der Waals surface area contributed by atoms with E-state index >= 15 is 0 Å². The molecule has 1 amide bonds. The van der Waals surface area contributed by atoms with Crippen LogP contribution >= 0.6 is 0 Å². The maximum absolute atomic E-state index is 12.0. The van der Waals surface area contributed by atoms with Crippen LogP contribution in [0.4, 0.5) is 0 Å². The average molecular weight is 275 g/mol. The third kappa shape index (κ3) is 3.00. The maximum Gasteiger partial charge on any atom is 0.315 e. The number of hydrogen-bond acceptors (Lipinski definition) is 2. The highest BCUT2D eigenvalue weighted by atomic mass is 16.4.